The summed E-state index contributed by atoms with van der Waals surface area (Å²) in [6.45, 7) is 7.71. The molecular formula is C13H21NO. The Balaban J connectivity index is 2.50. The molecule has 0 bridgehead atoms. The van der Waals surface area contributed by atoms with Gasteiger partial charge in [-0.3, -0.25) is 0 Å². The molecule has 0 amide bonds. The first-order chi connectivity index (χ1) is 7.13. The Bertz CT molecular complexity index is 296. The second-order valence-corrected chi connectivity index (χ2v) is 4.28. The van der Waals surface area contributed by atoms with E-state index in [1.54, 1.807) is 0 Å². The average Bonchev–Trinajstić information content (AvgIpc) is 2.26. The lowest BCUT2D eigenvalue weighted by Gasteiger charge is -2.16. The van der Waals surface area contributed by atoms with E-state index in [0.29, 0.717) is 25.2 Å². The lowest BCUT2D eigenvalue weighted by Crippen LogP contribution is -2.15. The lowest BCUT2D eigenvalue weighted by molar-refractivity contribution is 0.0235. The minimum atomic E-state index is 0.298. The zero-order chi connectivity index (χ0) is 11.3. The highest BCUT2D eigenvalue weighted by Crippen LogP contribution is 2.11. The van der Waals surface area contributed by atoms with Gasteiger partial charge in [-0.05, 0) is 24.0 Å². The van der Waals surface area contributed by atoms with Crippen LogP contribution < -0.4 is 5.73 Å². The molecule has 0 radical (unpaired) electrons. The van der Waals surface area contributed by atoms with Crippen LogP contribution in [0.25, 0.3) is 0 Å². The van der Waals surface area contributed by atoms with Gasteiger partial charge >= 0.3 is 0 Å². The smallest absolute Gasteiger partial charge is 0.0720 e. The normalized spacial score (nSPS) is 13.1. The molecule has 0 saturated carbocycles. The van der Waals surface area contributed by atoms with Gasteiger partial charge in [0.2, 0.25) is 0 Å². The molecule has 1 rings (SSSR count). The van der Waals surface area contributed by atoms with E-state index in [-0.39, 0.29) is 0 Å². The predicted molar refractivity (Wildman–Crippen MR) is 63.4 cm³/mol. The molecular weight excluding hydrogens is 186 g/mol. The van der Waals surface area contributed by atoms with Crippen LogP contribution in [0.3, 0.4) is 0 Å². The van der Waals surface area contributed by atoms with Crippen LogP contribution in [0.15, 0.2) is 24.3 Å². The van der Waals surface area contributed by atoms with Gasteiger partial charge in [0, 0.05) is 6.54 Å². The molecule has 0 spiro atoms. The maximum atomic E-state index is 5.75. The highest BCUT2D eigenvalue weighted by atomic mass is 16.5. The Kier molecular flexibility index (Phi) is 4.79. The first-order valence-electron chi connectivity index (χ1n) is 5.53. The third-order valence-electron chi connectivity index (χ3n) is 2.68. The zero-order valence-electron chi connectivity index (χ0n) is 9.86. The van der Waals surface area contributed by atoms with Crippen molar-refractivity contribution < 1.29 is 4.74 Å². The van der Waals surface area contributed by atoms with E-state index in [9.17, 15) is 0 Å². The molecule has 0 saturated heterocycles. The first kappa shape index (κ1) is 12.2. The molecule has 1 aromatic rings. The molecule has 2 nitrogen and oxygen atoms in total. The summed E-state index contributed by atoms with van der Waals surface area (Å²) in [6.07, 6.45) is 0.298. The standard InChI is InChI=1S/C13H21NO/c1-10(2)11(3)15-9-13-6-4-5-12(7-13)8-14/h4-7,10-11H,8-9,14H2,1-3H3. The number of ether oxygens (including phenoxy) is 1. The molecule has 0 fully saturated rings. The van der Waals surface area contributed by atoms with Gasteiger partial charge < -0.3 is 10.5 Å². The first-order valence-corrected chi connectivity index (χ1v) is 5.53. The molecule has 2 N–H and O–H groups in total. The van der Waals surface area contributed by atoms with E-state index >= 15 is 0 Å². The van der Waals surface area contributed by atoms with Crippen LogP contribution in [0.1, 0.15) is 31.9 Å². The molecule has 1 aromatic carbocycles. The van der Waals surface area contributed by atoms with Crippen molar-refractivity contribution in [3.63, 3.8) is 0 Å². The van der Waals surface area contributed by atoms with Crippen molar-refractivity contribution in [2.24, 2.45) is 11.7 Å². The molecule has 0 aliphatic rings. The van der Waals surface area contributed by atoms with E-state index in [0.717, 1.165) is 5.56 Å². The highest BCUT2D eigenvalue weighted by molar-refractivity contribution is 5.22. The molecule has 15 heavy (non-hydrogen) atoms. The van der Waals surface area contributed by atoms with E-state index in [4.69, 9.17) is 10.5 Å². The topological polar surface area (TPSA) is 35.2 Å². The Morgan fingerprint density at radius 1 is 1.20 bits per heavy atom. The molecule has 1 atom stereocenters. The van der Waals surface area contributed by atoms with Crippen molar-refractivity contribution in [2.45, 2.75) is 40.0 Å². The average molecular weight is 207 g/mol. The van der Waals surface area contributed by atoms with Gasteiger partial charge in [-0.2, -0.15) is 0 Å². The van der Waals surface area contributed by atoms with Gasteiger partial charge in [0.05, 0.1) is 12.7 Å². The second-order valence-electron chi connectivity index (χ2n) is 4.28. The van der Waals surface area contributed by atoms with E-state index in [1.807, 2.05) is 12.1 Å². The summed E-state index contributed by atoms with van der Waals surface area (Å²) in [5.74, 6) is 0.558. The van der Waals surface area contributed by atoms with Crippen LogP contribution in [0.4, 0.5) is 0 Å². The third-order valence-corrected chi connectivity index (χ3v) is 2.68. The lowest BCUT2D eigenvalue weighted by atomic mass is 10.1. The van der Waals surface area contributed by atoms with Crippen molar-refractivity contribution in [2.75, 3.05) is 0 Å². The minimum absolute atomic E-state index is 0.298. The fourth-order valence-electron chi connectivity index (χ4n) is 1.27. The third kappa shape index (κ3) is 4.02. The molecule has 0 aliphatic heterocycles. The van der Waals surface area contributed by atoms with Crippen LogP contribution in [-0.2, 0) is 17.9 Å². The van der Waals surface area contributed by atoms with Crippen LogP contribution in [-0.4, -0.2) is 6.10 Å². The summed E-state index contributed by atoms with van der Waals surface area (Å²) < 4.78 is 5.75. The van der Waals surface area contributed by atoms with E-state index in [2.05, 4.69) is 32.9 Å². The number of hydrogen-bond acceptors (Lipinski definition) is 2. The van der Waals surface area contributed by atoms with Gasteiger partial charge in [-0.1, -0.05) is 38.1 Å². The fraction of sp³-hybridized carbons (Fsp3) is 0.538. The van der Waals surface area contributed by atoms with Gasteiger partial charge in [-0.15, -0.1) is 0 Å². The number of hydrogen-bond donors (Lipinski definition) is 1. The summed E-state index contributed by atoms with van der Waals surface area (Å²) in [4.78, 5) is 0. The van der Waals surface area contributed by atoms with Gasteiger partial charge in [0.1, 0.15) is 0 Å². The van der Waals surface area contributed by atoms with Crippen molar-refractivity contribution in [1.82, 2.24) is 0 Å². The monoisotopic (exact) mass is 207 g/mol. The predicted octanol–water partition coefficient (Wildman–Crippen LogP) is 2.71. The minimum Gasteiger partial charge on any atom is -0.374 e. The summed E-state index contributed by atoms with van der Waals surface area (Å²) >= 11 is 0. The largest absolute Gasteiger partial charge is 0.374 e. The van der Waals surface area contributed by atoms with Gasteiger partial charge in [0.15, 0.2) is 0 Å². The summed E-state index contributed by atoms with van der Waals surface area (Å²) in [5, 5.41) is 0. The number of rotatable bonds is 5. The quantitative estimate of drug-likeness (QED) is 0.805. The number of nitrogens with two attached hydrogens (primary N) is 1. The Morgan fingerprint density at radius 3 is 2.47 bits per heavy atom. The van der Waals surface area contributed by atoms with Gasteiger partial charge in [-0.25, -0.2) is 0 Å². The van der Waals surface area contributed by atoms with E-state index in [1.165, 1.54) is 5.56 Å². The number of benzene rings is 1. The highest BCUT2D eigenvalue weighted by Gasteiger charge is 2.07. The van der Waals surface area contributed by atoms with Gasteiger partial charge in [0.25, 0.3) is 0 Å². The second kappa shape index (κ2) is 5.89. The van der Waals surface area contributed by atoms with Crippen molar-refractivity contribution in [3.05, 3.63) is 35.4 Å². The van der Waals surface area contributed by atoms with Crippen LogP contribution in [0, 0.1) is 5.92 Å². The zero-order valence-corrected chi connectivity index (χ0v) is 9.86. The fourth-order valence-corrected chi connectivity index (χ4v) is 1.27. The molecule has 0 aliphatic carbocycles. The Hall–Kier alpha value is -0.860. The molecule has 0 heterocycles. The molecule has 84 valence electrons. The summed E-state index contributed by atoms with van der Waals surface area (Å²) in [7, 11) is 0. The summed E-state index contributed by atoms with van der Waals surface area (Å²) in [5.41, 5.74) is 7.94. The maximum Gasteiger partial charge on any atom is 0.0720 e. The molecule has 0 aromatic heterocycles. The Morgan fingerprint density at radius 2 is 1.87 bits per heavy atom. The van der Waals surface area contributed by atoms with Crippen LogP contribution in [0.2, 0.25) is 0 Å². The molecule has 2 heteroatoms. The summed E-state index contributed by atoms with van der Waals surface area (Å²) in [6, 6.07) is 8.25. The van der Waals surface area contributed by atoms with Crippen LogP contribution >= 0.6 is 0 Å². The van der Waals surface area contributed by atoms with E-state index < -0.39 is 0 Å². The SMILES string of the molecule is CC(C)C(C)OCc1cccc(CN)c1. The maximum absolute atomic E-state index is 5.75. The van der Waals surface area contributed by atoms with Crippen molar-refractivity contribution in [1.29, 1.82) is 0 Å². The van der Waals surface area contributed by atoms with Crippen molar-refractivity contribution in [3.8, 4) is 0 Å². The van der Waals surface area contributed by atoms with Crippen molar-refractivity contribution >= 4 is 0 Å². The Labute approximate surface area is 92.4 Å². The molecule has 1 unspecified atom stereocenters. The van der Waals surface area contributed by atoms with Crippen LogP contribution in [0.5, 0.6) is 0 Å².